The third-order valence-corrected chi connectivity index (χ3v) is 6.05. The van der Waals surface area contributed by atoms with Gasteiger partial charge < -0.3 is 14.2 Å². The number of amides is 2. The number of hydrogen-bond acceptors (Lipinski definition) is 6. The number of hydrogen-bond donors (Lipinski definition) is 0. The highest BCUT2D eigenvalue weighted by atomic mass is 79.9. The molecular formula is C27H30BrNO6. The number of benzene rings is 2. The summed E-state index contributed by atoms with van der Waals surface area (Å²) in [7, 11) is 1.58. The highest BCUT2D eigenvalue weighted by Crippen LogP contribution is 2.29. The van der Waals surface area contributed by atoms with Crippen molar-refractivity contribution in [1.82, 2.24) is 4.90 Å². The van der Waals surface area contributed by atoms with E-state index in [1.165, 1.54) is 23.8 Å². The zero-order valence-corrected chi connectivity index (χ0v) is 21.6. The number of carbonyl (C=O) groups excluding carboxylic acids is 3. The van der Waals surface area contributed by atoms with Gasteiger partial charge in [-0.3, -0.25) is 14.5 Å². The van der Waals surface area contributed by atoms with Crippen LogP contribution < -0.4 is 9.47 Å². The summed E-state index contributed by atoms with van der Waals surface area (Å²) < 4.78 is 17.2. The lowest BCUT2D eigenvalue weighted by molar-refractivity contribution is -0.137. The largest absolute Gasteiger partial charge is 0.493 e. The Morgan fingerprint density at radius 3 is 2.51 bits per heavy atom. The lowest BCUT2D eigenvalue weighted by Gasteiger charge is -2.13. The zero-order valence-electron chi connectivity index (χ0n) is 20.1. The summed E-state index contributed by atoms with van der Waals surface area (Å²) in [5, 5.41) is 0. The Bertz CT molecular complexity index is 1100. The molecule has 2 aromatic rings. The molecule has 8 heteroatoms. The lowest BCUT2D eigenvalue weighted by Crippen LogP contribution is -2.31. The van der Waals surface area contributed by atoms with Gasteiger partial charge >= 0.3 is 5.97 Å². The van der Waals surface area contributed by atoms with E-state index in [4.69, 9.17) is 14.2 Å². The van der Waals surface area contributed by atoms with E-state index in [9.17, 15) is 14.4 Å². The summed E-state index contributed by atoms with van der Waals surface area (Å²) in [6.07, 6.45) is 7.83. The fraction of sp³-hybridized carbons (Fsp3) is 0.370. The van der Waals surface area contributed by atoms with Crippen LogP contribution >= 0.6 is 15.9 Å². The Kier molecular flexibility index (Phi) is 9.90. The van der Waals surface area contributed by atoms with E-state index in [1.807, 2.05) is 12.1 Å². The fourth-order valence-electron chi connectivity index (χ4n) is 3.69. The second-order valence-electron chi connectivity index (χ2n) is 8.13. The van der Waals surface area contributed by atoms with Gasteiger partial charge in [-0.25, -0.2) is 4.79 Å². The van der Waals surface area contributed by atoms with Crippen molar-refractivity contribution in [3.8, 4) is 11.5 Å². The first-order valence-electron chi connectivity index (χ1n) is 11.8. The second-order valence-corrected chi connectivity index (χ2v) is 9.04. The lowest BCUT2D eigenvalue weighted by atomic mass is 10.1. The smallest absolute Gasteiger partial charge is 0.330 e. The molecule has 0 bridgehead atoms. The number of carbonyl (C=O) groups is 3. The van der Waals surface area contributed by atoms with Crippen LogP contribution in [0.2, 0.25) is 0 Å². The summed E-state index contributed by atoms with van der Waals surface area (Å²) in [4.78, 5) is 38.2. The minimum atomic E-state index is -0.508. The SMILES string of the molecule is CCCCCCOc1ccc(/C=C/C(=O)OCCCN2C(=O)c3ccc(Br)cc3C2=O)cc1OC. The number of halogens is 1. The topological polar surface area (TPSA) is 82.1 Å². The molecule has 1 heterocycles. The average Bonchev–Trinajstić information content (AvgIpc) is 3.09. The van der Waals surface area contributed by atoms with Crippen LogP contribution in [0.25, 0.3) is 6.08 Å². The normalized spacial score (nSPS) is 12.8. The molecule has 0 N–H and O–H groups in total. The van der Waals surface area contributed by atoms with Gasteiger partial charge in [0.05, 0.1) is 31.5 Å². The van der Waals surface area contributed by atoms with Crippen molar-refractivity contribution in [2.75, 3.05) is 26.9 Å². The van der Waals surface area contributed by atoms with Gasteiger partial charge in [0.25, 0.3) is 11.8 Å². The number of imide groups is 1. The molecule has 186 valence electrons. The number of methoxy groups -OCH3 is 1. The highest BCUT2D eigenvalue weighted by Gasteiger charge is 2.35. The van der Waals surface area contributed by atoms with E-state index >= 15 is 0 Å². The maximum absolute atomic E-state index is 12.5. The fourth-order valence-corrected chi connectivity index (χ4v) is 4.05. The number of esters is 1. The van der Waals surface area contributed by atoms with Gasteiger partial charge in [0.1, 0.15) is 0 Å². The predicted octanol–water partition coefficient (Wildman–Crippen LogP) is 5.66. The van der Waals surface area contributed by atoms with Crippen LogP contribution in [0.4, 0.5) is 0 Å². The van der Waals surface area contributed by atoms with Gasteiger partial charge in [-0.05, 0) is 54.8 Å². The molecule has 0 aromatic heterocycles. The van der Waals surface area contributed by atoms with Crippen LogP contribution in [0.1, 0.15) is 65.3 Å². The molecule has 7 nitrogen and oxygen atoms in total. The molecule has 0 saturated carbocycles. The third kappa shape index (κ3) is 7.18. The molecule has 35 heavy (non-hydrogen) atoms. The van der Waals surface area contributed by atoms with Crippen molar-refractivity contribution in [1.29, 1.82) is 0 Å². The number of rotatable bonds is 13. The van der Waals surface area contributed by atoms with E-state index in [0.717, 1.165) is 22.9 Å². The Morgan fingerprint density at radius 2 is 1.74 bits per heavy atom. The Hall–Kier alpha value is -3.13. The minimum absolute atomic E-state index is 0.0917. The van der Waals surface area contributed by atoms with Crippen molar-refractivity contribution in [2.24, 2.45) is 0 Å². The van der Waals surface area contributed by atoms with Gasteiger partial charge in [0.15, 0.2) is 11.5 Å². The molecular weight excluding hydrogens is 514 g/mol. The van der Waals surface area contributed by atoms with Gasteiger partial charge in [-0.15, -0.1) is 0 Å². The Labute approximate surface area is 214 Å². The number of unbranched alkanes of at least 4 members (excludes halogenated alkanes) is 3. The van der Waals surface area contributed by atoms with Crippen LogP contribution in [-0.2, 0) is 9.53 Å². The summed E-state index contributed by atoms with van der Waals surface area (Å²) in [6.45, 7) is 3.08. The molecule has 0 spiro atoms. The summed E-state index contributed by atoms with van der Waals surface area (Å²) in [5.41, 5.74) is 1.54. The van der Waals surface area contributed by atoms with Crippen LogP contribution in [0.15, 0.2) is 46.9 Å². The van der Waals surface area contributed by atoms with Gasteiger partial charge in [-0.1, -0.05) is 48.2 Å². The summed E-state index contributed by atoms with van der Waals surface area (Å²) in [6, 6.07) is 10.5. The molecule has 2 aromatic carbocycles. The van der Waals surface area contributed by atoms with Crippen LogP contribution in [0, 0.1) is 0 Å². The van der Waals surface area contributed by atoms with E-state index < -0.39 is 5.97 Å². The molecule has 0 fully saturated rings. The van der Waals surface area contributed by atoms with Crippen LogP contribution in [0.3, 0.4) is 0 Å². The molecule has 2 amide bonds. The van der Waals surface area contributed by atoms with Crippen molar-refractivity contribution >= 4 is 39.8 Å². The highest BCUT2D eigenvalue weighted by molar-refractivity contribution is 9.10. The van der Waals surface area contributed by atoms with Gasteiger partial charge in [0, 0.05) is 17.1 Å². The Morgan fingerprint density at radius 1 is 0.943 bits per heavy atom. The van der Waals surface area contributed by atoms with Gasteiger partial charge in [0.2, 0.25) is 0 Å². The molecule has 1 aliphatic rings. The molecule has 0 atom stereocenters. The molecule has 3 rings (SSSR count). The maximum Gasteiger partial charge on any atom is 0.330 e. The maximum atomic E-state index is 12.5. The average molecular weight is 544 g/mol. The van der Waals surface area contributed by atoms with Crippen molar-refractivity contribution in [3.63, 3.8) is 0 Å². The van der Waals surface area contributed by atoms with Crippen molar-refractivity contribution < 1.29 is 28.6 Å². The minimum Gasteiger partial charge on any atom is -0.493 e. The summed E-state index contributed by atoms with van der Waals surface area (Å²) >= 11 is 3.31. The van der Waals surface area contributed by atoms with E-state index in [0.29, 0.717) is 35.7 Å². The van der Waals surface area contributed by atoms with Crippen LogP contribution in [0.5, 0.6) is 11.5 Å². The van der Waals surface area contributed by atoms with Crippen molar-refractivity contribution in [3.05, 3.63) is 63.6 Å². The third-order valence-electron chi connectivity index (χ3n) is 5.56. The van der Waals surface area contributed by atoms with E-state index in [1.54, 1.807) is 37.5 Å². The second kappa shape index (κ2) is 13.1. The zero-order chi connectivity index (χ0) is 25.2. The quantitative estimate of drug-likeness (QED) is 0.140. The number of fused-ring (bicyclic) bond motifs is 1. The molecule has 0 saturated heterocycles. The van der Waals surface area contributed by atoms with E-state index in [2.05, 4.69) is 22.9 Å². The Balaban J connectivity index is 1.43. The first-order chi connectivity index (χ1) is 16.9. The number of nitrogens with zero attached hydrogens (tertiary/aromatic N) is 1. The van der Waals surface area contributed by atoms with Gasteiger partial charge in [-0.2, -0.15) is 0 Å². The van der Waals surface area contributed by atoms with E-state index in [-0.39, 0.29) is 25.0 Å². The first-order valence-corrected chi connectivity index (χ1v) is 12.5. The monoisotopic (exact) mass is 543 g/mol. The van der Waals surface area contributed by atoms with Crippen molar-refractivity contribution in [2.45, 2.75) is 39.0 Å². The number of ether oxygens (including phenoxy) is 3. The molecule has 0 radical (unpaired) electrons. The summed E-state index contributed by atoms with van der Waals surface area (Å²) in [5.74, 6) is 0.102. The predicted molar refractivity (Wildman–Crippen MR) is 137 cm³/mol. The first kappa shape index (κ1) is 26.5. The standard InChI is InChI=1S/C27H30BrNO6/c1-3-4-5-6-15-34-23-12-8-19(17-24(23)33-2)9-13-25(30)35-16-7-14-29-26(31)21-11-10-20(28)18-22(21)27(29)32/h8-13,17-18H,3-7,14-16H2,1-2H3/b13-9+. The van der Waals surface area contributed by atoms with Crippen LogP contribution in [-0.4, -0.2) is 49.6 Å². The molecule has 0 unspecified atom stereocenters. The molecule has 0 aliphatic carbocycles. The molecule has 1 aliphatic heterocycles.